The van der Waals surface area contributed by atoms with Crippen molar-refractivity contribution in [3.8, 4) is 0 Å². The molecule has 140 valence electrons. The summed E-state index contributed by atoms with van der Waals surface area (Å²) in [6.07, 6.45) is 4.37. The average molecular weight is 356 g/mol. The quantitative estimate of drug-likeness (QED) is 0.671. The minimum absolute atomic E-state index is 0.0677. The van der Waals surface area contributed by atoms with Crippen molar-refractivity contribution in [3.05, 3.63) is 35.1 Å². The van der Waals surface area contributed by atoms with Crippen LogP contribution < -0.4 is 0 Å². The third-order valence-electron chi connectivity index (χ3n) is 5.43. The lowest BCUT2D eigenvalue weighted by Gasteiger charge is -2.38. The van der Waals surface area contributed by atoms with E-state index in [4.69, 9.17) is 9.47 Å². The molecule has 2 aliphatic rings. The maximum absolute atomic E-state index is 13.4. The molecule has 0 atom stereocenters. The molecular weight excluding hydrogens is 329 g/mol. The van der Waals surface area contributed by atoms with E-state index in [2.05, 4.69) is 13.8 Å². The summed E-state index contributed by atoms with van der Waals surface area (Å²) in [4.78, 5) is 0. The Labute approximate surface area is 147 Å². The van der Waals surface area contributed by atoms with Crippen molar-refractivity contribution in [2.24, 2.45) is 17.8 Å². The Hall–Kier alpha value is -1.07. The molecule has 0 aromatic heterocycles. The lowest BCUT2D eigenvalue weighted by molar-refractivity contribution is -0.230. The molecule has 1 heterocycles. The van der Waals surface area contributed by atoms with Gasteiger partial charge in [0.05, 0.1) is 13.2 Å². The summed E-state index contributed by atoms with van der Waals surface area (Å²) in [6.45, 7) is 5.90. The first-order chi connectivity index (χ1) is 11.9. The summed E-state index contributed by atoms with van der Waals surface area (Å²) in [7, 11) is 0. The van der Waals surface area contributed by atoms with Gasteiger partial charge in [-0.05, 0) is 61.6 Å². The van der Waals surface area contributed by atoms with Crippen LogP contribution in [-0.4, -0.2) is 19.5 Å². The van der Waals surface area contributed by atoms with Gasteiger partial charge in [0, 0.05) is 11.8 Å². The monoisotopic (exact) mass is 356 g/mol. The van der Waals surface area contributed by atoms with Crippen molar-refractivity contribution in [3.63, 3.8) is 0 Å². The van der Waals surface area contributed by atoms with Crippen molar-refractivity contribution in [2.75, 3.05) is 13.2 Å². The first-order valence-electron chi connectivity index (χ1n) is 9.31. The maximum atomic E-state index is 13.4. The van der Waals surface area contributed by atoms with Gasteiger partial charge >= 0.3 is 0 Å². The average Bonchev–Trinajstić information content (AvgIpc) is 2.59. The Kier molecular flexibility index (Phi) is 6.05. The van der Waals surface area contributed by atoms with Crippen LogP contribution in [0.15, 0.2) is 12.1 Å². The number of halogens is 3. The lowest BCUT2D eigenvalue weighted by atomic mass is 9.78. The molecule has 1 saturated carbocycles. The smallest absolute Gasteiger partial charge is 0.194 e. The summed E-state index contributed by atoms with van der Waals surface area (Å²) in [5.74, 6) is -2.10. The van der Waals surface area contributed by atoms with Gasteiger partial charge in [0.15, 0.2) is 23.7 Å². The summed E-state index contributed by atoms with van der Waals surface area (Å²) in [5, 5.41) is 0. The van der Waals surface area contributed by atoms with Crippen LogP contribution in [0, 0.1) is 35.2 Å². The maximum Gasteiger partial charge on any atom is 0.194 e. The van der Waals surface area contributed by atoms with Gasteiger partial charge in [-0.1, -0.05) is 13.8 Å². The molecule has 2 fully saturated rings. The van der Waals surface area contributed by atoms with E-state index in [-0.39, 0.29) is 12.2 Å². The van der Waals surface area contributed by atoms with Crippen LogP contribution >= 0.6 is 0 Å². The third kappa shape index (κ3) is 4.56. The number of ether oxygens (including phenoxy) is 2. The fraction of sp³-hybridized carbons (Fsp3) is 0.700. The van der Waals surface area contributed by atoms with Gasteiger partial charge in [-0.15, -0.1) is 0 Å². The van der Waals surface area contributed by atoms with Crippen LogP contribution in [0.1, 0.15) is 57.4 Å². The van der Waals surface area contributed by atoms with Gasteiger partial charge in [0.25, 0.3) is 0 Å². The lowest BCUT2D eigenvalue weighted by Crippen LogP contribution is -2.38. The fourth-order valence-electron chi connectivity index (χ4n) is 4.17. The molecule has 3 rings (SSSR count). The Morgan fingerprint density at radius 3 is 2.04 bits per heavy atom. The van der Waals surface area contributed by atoms with Crippen molar-refractivity contribution in [1.29, 1.82) is 0 Å². The third-order valence-corrected chi connectivity index (χ3v) is 5.43. The normalized spacial score (nSPS) is 30.6. The zero-order valence-corrected chi connectivity index (χ0v) is 14.9. The van der Waals surface area contributed by atoms with E-state index in [1.807, 2.05) is 0 Å². The molecule has 1 aliphatic carbocycles. The van der Waals surface area contributed by atoms with E-state index >= 15 is 0 Å². The summed E-state index contributed by atoms with van der Waals surface area (Å²) in [6, 6.07) is 2.26. The van der Waals surface area contributed by atoms with Gasteiger partial charge in [0.1, 0.15) is 0 Å². The summed E-state index contributed by atoms with van der Waals surface area (Å²) >= 11 is 0. The fourth-order valence-corrected chi connectivity index (χ4v) is 4.17. The molecule has 0 unspecified atom stereocenters. The molecule has 1 saturated heterocycles. The van der Waals surface area contributed by atoms with E-state index in [0.717, 1.165) is 57.5 Å². The van der Waals surface area contributed by atoms with Crippen LogP contribution in [0.5, 0.6) is 0 Å². The van der Waals surface area contributed by atoms with Gasteiger partial charge in [-0.3, -0.25) is 0 Å². The van der Waals surface area contributed by atoms with E-state index in [0.29, 0.717) is 23.3 Å². The molecule has 0 N–H and O–H groups in total. The molecule has 0 bridgehead atoms. The Balaban J connectivity index is 1.51. The van der Waals surface area contributed by atoms with Crippen LogP contribution in [0.2, 0.25) is 0 Å². The Bertz CT molecular complexity index is 551. The van der Waals surface area contributed by atoms with Crippen LogP contribution in [-0.2, 0) is 9.47 Å². The molecule has 1 aromatic rings. The topological polar surface area (TPSA) is 18.5 Å². The highest BCUT2D eigenvalue weighted by atomic mass is 19.2. The largest absolute Gasteiger partial charge is 0.352 e. The van der Waals surface area contributed by atoms with Crippen LogP contribution in [0.4, 0.5) is 13.2 Å². The molecule has 0 spiro atoms. The number of hydrogen-bond acceptors (Lipinski definition) is 2. The van der Waals surface area contributed by atoms with Gasteiger partial charge < -0.3 is 9.47 Å². The van der Waals surface area contributed by atoms with E-state index in [1.165, 1.54) is 0 Å². The van der Waals surface area contributed by atoms with Crippen molar-refractivity contribution in [2.45, 2.75) is 58.2 Å². The van der Waals surface area contributed by atoms with Crippen molar-refractivity contribution in [1.82, 2.24) is 0 Å². The molecule has 0 radical (unpaired) electrons. The van der Waals surface area contributed by atoms with E-state index in [9.17, 15) is 13.2 Å². The molecule has 5 heteroatoms. The SMILES string of the molecule is CC(C)CC1COC(C2CCC(c3cc(F)c(F)c(F)c3)CC2)OC1. The van der Waals surface area contributed by atoms with E-state index in [1.54, 1.807) is 0 Å². The van der Waals surface area contributed by atoms with Gasteiger partial charge in [0.2, 0.25) is 0 Å². The molecule has 25 heavy (non-hydrogen) atoms. The standard InChI is InChI=1S/C20H27F3O2/c1-12(2)7-13-10-24-20(25-11-13)15-5-3-14(4-6-15)16-8-17(21)19(23)18(22)9-16/h8-9,12-15,20H,3-7,10-11H2,1-2H3. The van der Waals surface area contributed by atoms with Crippen molar-refractivity contribution >= 4 is 0 Å². The Morgan fingerprint density at radius 1 is 0.960 bits per heavy atom. The van der Waals surface area contributed by atoms with Gasteiger partial charge in [-0.2, -0.15) is 0 Å². The van der Waals surface area contributed by atoms with Gasteiger partial charge in [-0.25, -0.2) is 13.2 Å². The summed E-state index contributed by atoms with van der Waals surface area (Å²) < 4.78 is 51.8. The Morgan fingerprint density at radius 2 is 1.52 bits per heavy atom. The second-order valence-corrected chi connectivity index (χ2v) is 7.94. The highest BCUT2D eigenvalue weighted by Crippen LogP contribution is 2.39. The zero-order chi connectivity index (χ0) is 18.0. The number of benzene rings is 1. The zero-order valence-electron chi connectivity index (χ0n) is 14.9. The first-order valence-corrected chi connectivity index (χ1v) is 9.31. The van der Waals surface area contributed by atoms with E-state index < -0.39 is 17.5 Å². The van der Waals surface area contributed by atoms with Crippen LogP contribution in [0.3, 0.4) is 0 Å². The molecule has 1 aromatic carbocycles. The second kappa shape index (κ2) is 8.09. The minimum Gasteiger partial charge on any atom is -0.352 e. The summed E-state index contributed by atoms with van der Waals surface area (Å²) in [5.41, 5.74) is 0.553. The second-order valence-electron chi connectivity index (χ2n) is 7.94. The molecule has 2 nitrogen and oxygen atoms in total. The predicted molar refractivity (Wildman–Crippen MR) is 89.7 cm³/mol. The first kappa shape index (κ1) is 18.7. The van der Waals surface area contributed by atoms with Crippen LogP contribution in [0.25, 0.3) is 0 Å². The number of hydrogen-bond donors (Lipinski definition) is 0. The molecule has 0 amide bonds. The van der Waals surface area contributed by atoms with Crippen molar-refractivity contribution < 1.29 is 22.6 Å². The minimum atomic E-state index is -1.39. The predicted octanol–water partition coefficient (Wildman–Crippen LogP) is 5.41. The highest BCUT2D eigenvalue weighted by Gasteiger charge is 2.33. The molecule has 1 aliphatic heterocycles. The number of rotatable bonds is 4. The molecular formula is C20H27F3O2. The highest BCUT2D eigenvalue weighted by molar-refractivity contribution is 5.23.